The Bertz CT molecular complexity index is 557. The summed E-state index contributed by atoms with van der Waals surface area (Å²) in [6, 6.07) is 8.02. The monoisotopic (exact) mass is 349 g/mol. The van der Waals surface area contributed by atoms with E-state index >= 15 is 0 Å². The van der Waals surface area contributed by atoms with Crippen LogP contribution in [0.3, 0.4) is 0 Å². The van der Waals surface area contributed by atoms with Gasteiger partial charge in [-0.1, -0.05) is 34.5 Å². The summed E-state index contributed by atoms with van der Waals surface area (Å²) >= 11 is 3.45. The van der Waals surface area contributed by atoms with Gasteiger partial charge in [0, 0.05) is 17.6 Å². The quantitative estimate of drug-likeness (QED) is 0.656. The Morgan fingerprint density at radius 3 is 2.29 bits per heavy atom. The molecule has 1 saturated heterocycles. The van der Waals surface area contributed by atoms with Gasteiger partial charge in [0.05, 0.1) is 5.41 Å². The van der Waals surface area contributed by atoms with Gasteiger partial charge in [-0.3, -0.25) is 0 Å². The molecule has 0 spiro atoms. The summed E-state index contributed by atoms with van der Waals surface area (Å²) in [4.78, 5) is 18.2. The molecule has 2 fully saturated rings. The van der Waals surface area contributed by atoms with Crippen LogP contribution in [0.4, 0.5) is 4.79 Å². The molecule has 5 heteroatoms. The van der Waals surface area contributed by atoms with Crippen LogP contribution in [0.2, 0.25) is 0 Å². The molecule has 0 radical (unpaired) electrons. The van der Waals surface area contributed by atoms with E-state index in [0.717, 1.165) is 55.2 Å². The van der Waals surface area contributed by atoms with Gasteiger partial charge in [-0.15, -0.1) is 0 Å². The molecule has 1 aliphatic carbocycles. The fraction of sp³-hybridized carbons (Fsp3) is 0.500. The number of amides is 2. The van der Waals surface area contributed by atoms with Crippen molar-refractivity contribution in [3.05, 3.63) is 34.3 Å². The van der Waals surface area contributed by atoms with E-state index in [-0.39, 0.29) is 11.4 Å². The van der Waals surface area contributed by atoms with Crippen molar-refractivity contribution in [2.24, 2.45) is 10.7 Å². The maximum absolute atomic E-state index is 12.2. The number of hydrogen-bond donors (Lipinski definition) is 1. The predicted molar refractivity (Wildman–Crippen MR) is 87.5 cm³/mol. The maximum atomic E-state index is 12.2. The lowest BCUT2D eigenvalue weighted by Gasteiger charge is -2.41. The number of amidine groups is 1. The largest absolute Gasteiger partial charge is 0.386 e. The van der Waals surface area contributed by atoms with Crippen LogP contribution in [0.5, 0.6) is 0 Å². The maximum Gasteiger partial charge on any atom is 0.345 e. The van der Waals surface area contributed by atoms with Crippen molar-refractivity contribution in [1.82, 2.24) is 4.90 Å². The van der Waals surface area contributed by atoms with Crippen molar-refractivity contribution < 1.29 is 4.79 Å². The fourth-order valence-corrected chi connectivity index (χ4v) is 3.45. The molecule has 4 nitrogen and oxygen atoms in total. The summed E-state index contributed by atoms with van der Waals surface area (Å²) in [6.07, 6.45) is 5.21. The minimum Gasteiger partial charge on any atom is -0.386 e. The van der Waals surface area contributed by atoms with Crippen LogP contribution in [0.15, 0.2) is 33.7 Å². The summed E-state index contributed by atoms with van der Waals surface area (Å²) in [5, 5.41) is 0. The smallest absolute Gasteiger partial charge is 0.345 e. The van der Waals surface area contributed by atoms with Gasteiger partial charge in [-0.25, -0.2) is 4.79 Å². The summed E-state index contributed by atoms with van der Waals surface area (Å²) < 4.78 is 1.05. The van der Waals surface area contributed by atoms with Crippen molar-refractivity contribution in [2.75, 3.05) is 13.1 Å². The SMILES string of the molecule is N/C(=N\C(=O)N1CCCC1)C1(c2ccc(Br)cc2)CCC1. The van der Waals surface area contributed by atoms with E-state index in [0.29, 0.717) is 5.84 Å². The lowest BCUT2D eigenvalue weighted by molar-refractivity contribution is 0.218. The summed E-state index contributed by atoms with van der Waals surface area (Å²) in [5.74, 6) is 0.480. The summed E-state index contributed by atoms with van der Waals surface area (Å²) in [7, 11) is 0. The third-order valence-corrected chi connectivity index (χ3v) is 5.22. The minimum absolute atomic E-state index is 0.173. The standard InChI is InChI=1S/C16H20BrN3O/c17-13-6-4-12(5-7-13)16(8-3-9-16)14(18)19-15(21)20-10-1-2-11-20/h4-7H,1-3,8-11H2,(H2,18,19,21). The van der Waals surface area contributed by atoms with Gasteiger partial charge in [0.15, 0.2) is 0 Å². The van der Waals surface area contributed by atoms with Gasteiger partial charge in [0.2, 0.25) is 0 Å². The first-order chi connectivity index (χ1) is 10.1. The Morgan fingerprint density at radius 1 is 1.14 bits per heavy atom. The molecule has 2 amide bonds. The van der Waals surface area contributed by atoms with E-state index in [1.165, 1.54) is 0 Å². The van der Waals surface area contributed by atoms with Crippen LogP contribution in [-0.4, -0.2) is 29.9 Å². The van der Waals surface area contributed by atoms with Crippen LogP contribution < -0.4 is 5.73 Å². The Balaban J connectivity index is 1.84. The zero-order valence-corrected chi connectivity index (χ0v) is 13.6. The van der Waals surface area contributed by atoms with Gasteiger partial charge in [0.1, 0.15) is 5.84 Å². The van der Waals surface area contributed by atoms with E-state index in [9.17, 15) is 4.79 Å². The van der Waals surface area contributed by atoms with Crippen LogP contribution in [-0.2, 0) is 5.41 Å². The van der Waals surface area contributed by atoms with Crippen molar-refractivity contribution in [1.29, 1.82) is 0 Å². The molecular formula is C16H20BrN3O. The van der Waals surface area contributed by atoms with Gasteiger partial charge in [-0.2, -0.15) is 4.99 Å². The Kier molecular flexibility index (Phi) is 4.02. The number of likely N-dealkylation sites (tertiary alicyclic amines) is 1. The second-order valence-corrected chi connectivity index (χ2v) is 6.83. The molecule has 1 saturated carbocycles. The highest BCUT2D eigenvalue weighted by molar-refractivity contribution is 9.10. The third kappa shape index (κ3) is 2.71. The van der Waals surface area contributed by atoms with E-state index in [1.54, 1.807) is 4.90 Å². The minimum atomic E-state index is -0.240. The molecule has 1 aromatic rings. The van der Waals surface area contributed by atoms with Gasteiger partial charge in [0.25, 0.3) is 0 Å². The number of carbonyl (C=O) groups is 1. The molecule has 2 aliphatic rings. The number of halogens is 1. The van der Waals surface area contributed by atoms with Crippen molar-refractivity contribution in [3.63, 3.8) is 0 Å². The van der Waals surface area contributed by atoms with Crippen molar-refractivity contribution >= 4 is 27.8 Å². The molecule has 1 heterocycles. The highest BCUT2D eigenvalue weighted by Crippen LogP contribution is 2.44. The fourth-order valence-electron chi connectivity index (χ4n) is 3.18. The molecule has 0 atom stereocenters. The molecule has 2 N–H and O–H groups in total. The number of aliphatic imine (C=N–C) groups is 1. The predicted octanol–water partition coefficient (Wildman–Crippen LogP) is 3.44. The number of nitrogens with zero attached hydrogens (tertiary/aromatic N) is 2. The third-order valence-electron chi connectivity index (χ3n) is 4.69. The lowest BCUT2D eigenvalue weighted by Crippen LogP contribution is -2.47. The van der Waals surface area contributed by atoms with Crippen LogP contribution >= 0.6 is 15.9 Å². The van der Waals surface area contributed by atoms with Crippen LogP contribution in [0.1, 0.15) is 37.7 Å². The number of carbonyl (C=O) groups excluding carboxylic acids is 1. The zero-order valence-electron chi connectivity index (χ0n) is 12.0. The second-order valence-electron chi connectivity index (χ2n) is 5.92. The summed E-state index contributed by atoms with van der Waals surface area (Å²) in [5.41, 5.74) is 7.16. The number of rotatable bonds is 2. The first-order valence-electron chi connectivity index (χ1n) is 7.51. The highest BCUT2D eigenvalue weighted by atomic mass is 79.9. The molecule has 0 aromatic heterocycles. The highest BCUT2D eigenvalue weighted by Gasteiger charge is 2.43. The Labute approximate surface area is 133 Å². The Morgan fingerprint density at radius 2 is 1.76 bits per heavy atom. The molecular weight excluding hydrogens is 330 g/mol. The first-order valence-corrected chi connectivity index (χ1v) is 8.31. The number of hydrogen-bond acceptors (Lipinski definition) is 1. The molecule has 3 rings (SSSR count). The van der Waals surface area contributed by atoms with Gasteiger partial charge >= 0.3 is 6.03 Å². The van der Waals surface area contributed by atoms with E-state index in [4.69, 9.17) is 5.73 Å². The van der Waals surface area contributed by atoms with Crippen molar-refractivity contribution in [3.8, 4) is 0 Å². The van der Waals surface area contributed by atoms with E-state index in [1.807, 2.05) is 12.1 Å². The van der Waals surface area contributed by atoms with Crippen LogP contribution in [0.25, 0.3) is 0 Å². The lowest BCUT2D eigenvalue weighted by atomic mass is 9.63. The normalized spacial score (nSPS) is 21.2. The molecule has 1 aromatic carbocycles. The van der Waals surface area contributed by atoms with Crippen molar-refractivity contribution in [2.45, 2.75) is 37.5 Å². The van der Waals surface area contributed by atoms with Crippen LogP contribution in [0, 0.1) is 0 Å². The molecule has 0 unspecified atom stereocenters. The number of benzene rings is 1. The molecule has 1 aliphatic heterocycles. The first kappa shape index (κ1) is 14.6. The molecule has 21 heavy (non-hydrogen) atoms. The van der Waals surface area contributed by atoms with E-state index < -0.39 is 0 Å². The zero-order chi connectivity index (χ0) is 14.9. The summed E-state index contributed by atoms with van der Waals surface area (Å²) in [6.45, 7) is 1.61. The van der Waals surface area contributed by atoms with Gasteiger partial charge in [-0.05, 0) is 43.4 Å². The Hall–Kier alpha value is -1.36. The topological polar surface area (TPSA) is 58.7 Å². The number of nitrogens with two attached hydrogens (primary N) is 1. The van der Waals surface area contributed by atoms with Gasteiger partial charge < -0.3 is 10.6 Å². The molecule has 112 valence electrons. The molecule has 0 bridgehead atoms. The van der Waals surface area contributed by atoms with E-state index in [2.05, 4.69) is 33.1 Å². The average Bonchev–Trinajstić information content (AvgIpc) is 2.93. The average molecular weight is 350 g/mol. The number of urea groups is 1. The second kappa shape index (κ2) is 5.79.